The highest BCUT2D eigenvalue weighted by atomic mass is 19.4. The molecule has 1 aromatic carbocycles. The van der Waals surface area contributed by atoms with E-state index in [0.29, 0.717) is 6.04 Å². The first-order valence-electron chi connectivity index (χ1n) is 6.10. The highest BCUT2D eigenvalue weighted by Crippen LogP contribution is 2.31. The zero-order chi connectivity index (χ0) is 13.2. The summed E-state index contributed by atoms with van der Waals surface area (Å²) in [6.45, 7) is 1.76. The van der Waals surface area contributed by atoms with Crippen LogP contribution >= 0.6 is 0 Å². The van der Waals surface area contributed by atoms with Gasteiger partial charge in [0.25, 0.3) is 0 Å². The molecule has 2 rings (SSSR count). The Morgan fingerprint density at radius 1 is 1.22 bits per heavy atom. The minimum atomic E-state index is -4.26. The van der Waals surface area contributed by atoms with E-state index < -0.39 is 11.7 Å². The van der Waals surface area contributed by atoms with Crippen LogP contribution in [-0.4, -0.2) is 26.2 Å². The van der Waals surface area contributed by atoms with Gasteiger partial charge in [-0.05, 0) is 44.2 Å². The zero-order valence-electron chi connectivity index (χ0n) is 10.3. The van der Waals surface area contributed by atoms with Crippen molar-refractivity contribution in [3.8, 4) is 0 Å². The molecule has 1 heterocycles. The monoisotopic (exact) mass is 258 g/mol. The van der Waals surface area contributed by atoms with Gasteiger partial charge in [-0.2, -0.15) is 13.2 Å². The lowest BCUT2D eigenvalue weighted by molar-refractivity contribution is -0.137. The van der Waals surface area contributed by atoms with Crippen LogP contribution in [0.25, 0.3) is 0 Å². The van der Waals surface area contributed by atoms with Crippen LogP contribution in [0.3, 0.4) is 0 Å². The summed E-state index contributed by atoms with van der Waals surface area (Å²) < 4.78 is 37.4. The smallest absolute Gasteiger partial charge is 0.370 e. The van der Waals surface area contributed by atoms with Crippen LogP contribution in [0.2, 0.25) is 0 Å². The average Bonchev–Trinajstić information content (AvgIpc) is 2.38. The minimum absolute atomic E-state index is 0.418. The summed E-state index contributed by atoms with van der Waals surface area (Å²) in [4.78, 5) is 2.13. The van der Waals surface area contributed by atoms with Crippen LogP contribution in [0.4, 0.5) is 18.9 Å². The fourth-order valence-electron chi connectivity index (χ4n) is 2.31. The Morgan fingerprint density at radius 2 is 1.89 bits per heavy atom. The number of likely N-dealkylation sites (N-methyl/N-ethyl adjacent to an activating group) is 1. The number of halogens is 3. The van der Waals surface area contributed by atoms with Gasteiger partial charge in [0.2, 0.25) is 0 Å². The Kier molecular flexibility index (Phi) is 3.80. The highest BCUT2D eigenvalue weighted by Gasteiger charge is 2.30. The van der Waals surface area contributed by atoms with Gasteiger partial charge >= 0.3 is 6.18 Å². The molecule has 1 saturated heterocycles. The molecule has 0 radical (unpaired) electrons. The molecule has 18 heavy (non-hydrogen) atoms. The second kappa shape index (κ2) is 5.18. The number of anilines is 1. The van der Waals surface area contributed by atoms with E-state index in [0.717, 1.165) is 43.8 Å². The summed E-state index contributed by atoms with van der Waals surface area (Å²) in [5.41, 5.74) is 0.274. The minimum Gasteiger partial charge on any atom is -0.370 e. The molecule has 1 fully saturated rings. The number of piperidine rings is 1. The fraction of sp³-hybridized carbons (Fsp3) is 0.538. The Morgan fingerprint density at radius 3 is 2.44 bits per heavy atom. The number of hydrogen-bond donors (Lipinski definition) is 1. The molecule has 0 amide bonds. The first-order chi connectivity index (χ1) is 8.50. The van der Waals surface area contributed by atoms with Crippen molar-refractivity contribution in [3.05, 3.63) is 29.8 Å². The number of benzene rings is 1. The molecule has 0 aromatic heterocycles. The van der Waals surface area contributed by atoms with Crippen LogP contribution in [0.1, 0.15) is 18.4 Å². The number of nitrogens with zero attached hydrogens (tertiary/aromatic N) is 1. The predicted octanol–water partition coefficient (Wildman–Crippen LogP) is 2.89. The second-order valence-electron chi connectivity index (χ2n) is 4.62. The first-order valence-corrected chi connectivity index (χ1v) is 6.10. The molecule has 0 spiro atoms. The Balaban J connectivity index is 2.09. The van der Waals surface area contributed by atoms with Crippen LogP contribution in [-0.2, 0) is 6.18 Å². The van der Waals surface area contributed by atoms with Crippen molar-refractivity contribution >= 4 is 5.69 Å². The molecule has 0 aliphatic carbocycles. The van der Waals surface area contributed by atoms with Crippen molar-refractivity contribution in [2.45, 2.75) is 25.1 Å². The summed E-state index contributed by atoms with van der Waals surface area (Å²) in [5, 5.41) is 3.22. The molecule has 1 atom stereocenters. The van der Waals surface area contributed by atoms with E-state index in [-0.39, 0.29) is 0 Å². The van der Waals surface area contributed by atoms with Gasteiger partial charge in [0.1, 0.15) is 0 Å². The third-order valence-electron chi connectivity index (χ3n) is 3.39. The Hall–Kier alpha value is -1.23. The van der Waals surface area contributed by atoms with E-state index in [1.165, 1.54) is 0 Å². The Labute approximate surface area is 105 Å². The molecule has 1 N–H and O–H groups in total. The lowest BCUT2D eigenvalue weighted by atomic mass is 10.0. The third-order valence-corrected chi connectivity index (χ3v) is 3.39. The molecule has 0 saturated carbocycles. The van der Waals surface area contributed by atoms with Crippen molar-refractivity contribution < 1.29 is 13.2 Å². The number of hydrogen-bond acceptors (Lipinski definition) is 2. The third kappa shape index (κ3) is 2.96. The van der Waals surface area contributed by atoms with Gasteiger partial charge in [-0.25, -0.2) is 0 Å². The maximum absolute atomic E-state index is 12.5. The van der Waals surface area contributed by atoms with E-state index in [2.05, 4.69) is 10.2 Å². The molecule has 1 aliphatic heterocycles. The van der Waals surface area contributed by atoms with Crippen molar-refractivity contribution in [1.29, 1.82) is 0 Å². The van der Waals surface area contributed by atoms with Crippen LogP contribution in [0, 0.1) is 0 Å². The summed E-state index contributed by atoms with van der Waals surface area (Å²) in [7, 11) is 1.92. The standard InChI is InChI=1S/C13H17F3N2/c1-17-11-3-2-8-18(9-11)12-6-4-10(5-7-12)13(14,15)16/h4-7,11,17H,2-3,8-9H2,1H3. The van der Waals surface area contributed by atoms with Crippen molar-refractivity contribution in [3.63, 3.8) is 0 Å². The number of nitrogens with one attached hydrogen (secondary N) is 1. The lowest BCUT2D eigenvalue weighted by Gasteiger charge is -2.34. The Bertz CT molecular complexity index is 386. The average molecular weight is 258 g/mol. The SMILES string of the molecule is CNC1CCCN(c2ccc(C(F)(F)F)cc2)C1. The van der Waals surface area contributed by atoms with E-state index in [9.17, 15) is 13.2 Å². The molecule has 100 valence electrons. The molecule has 2 nitrogen and oxygen atoms in total. The van der Waals surface area contributed by atoms with Gasteiger partial charge < -0.3 is 10.2 Å². The summed E-state index contributed by atoms with van der Waals surface area (Å²) >= 11 is 0. The van der Waals surface area contributed by atoms with E-state index in [1.54, 1.807) is 12.1 Å². The van der Waals surface area contributed by atoms with Gasteiger partial charge in [-0.1, -0.05) is 0 Å². The summed E-state index contributed by atoms with van der Waals surface area (Å²) in [6, 6.07) is 5.83. The molecular formula is C13H17F3N2. The van der Waals surface area contributed by atoms with Gasteiger partial charge in [0.05, 0.1) is 5.56 Å². The van der Waals surface area contributed by atoms with Crippen molar-refractivity contribution in [2.24, 2.45) is 0 Å². The normalized spacial score (nSPS) is 21.1. The topological polar surface area (TPSA) is 15.3 Å². The number of rotatable bonds is 2. The summed E-state index contributed by atoms with van der Waals surface area (Å²) in [6.07, 6.45) is -2.08. The van der Waals surface area contributed by atoms with Crippen LogP contribution in [0.15, 0.2) is 24.3 Å². The van der Waals surface area contributed by atoms with Gasteiger partial charge in [-0.3, -0.25) is 0 Å². The predicted molar refractivity (Wildman–Crippen MR) is 65.7 cm³/mol. The molecule has 1 aromatic rings. The van der Waals surface area contributed by atoms with Crippen LogP contribution in [0.5, 0.6) is 0 Å². The second-order valence-corrected chi connectivity index (χ2v) is 4.62. The summed E-state index contributed by atoms with van der Waals surface area (Å²) in [5.74, 6) is 0. The van der Waals surface area contributed by atoms with Gasteiger partial charge in [-0.15, -0.1) is 0 Å². The maximum Gasteiger partial charge on any atom is 0.416 e. The molecule has 1 aliphatic rings. The largest absolute Gasteiger partial charge is 0.416 e. The van der Waals surface area contributed by atoms with Crippen molar-refractivity contribution in [1.82, 2.24) is 5.32 Å². The molecule has 1 unspecified atom stereocenters. The van der Waals surface area contributed by atoms with E-state index >= 15 is 0 Å². The quantitative estimate of drug-likeness (QED) is 0.877. The van der Waals surface area contributed by atoms with Gasteiger partial charge in [0, 0.05) is 24.8 Å². The van der Waals surface area contributed by atoms with Crippen molar-refractivity contribution in [2.75, 3.05) is 25.0 Å². The first kappa shape index (κ1) is 13.2. The molecular weight excluding hydrogens is 241 g/mol. The molecule has 0 bridgehead atoms. The lowest BCUT2D eigenvalue weighted by Crippen LogP contribution is -2.44. The van der Waals surface area contributed by atoms with Crippen LogP contribution < -0.4 is 10.2 Å². The van der Waals surface area contributed by atoms with E-state index in [1.807, 2.05) is 7.05 Å². The highest BCUT2D eigenvalue weighted by molar-refractivity contribution is 5.48. The maximum atomic E-state index is 12.5. The van der Waals surface area contributed by atoms with Gasteiger partial charge in [0.15, 0.2) is 0 Å². The molecule has 5 heteroatoms. The number of alkyl halides is 3. The van der Waals surface area contributed by atoms with E-state index in [4.69, 9.17) is 0 Å². The zero-order valence-corrected chi connectivity index (χ0v) is 10.3. The fourth-order valence-corrected chi connectivity index (χ4v) is 2.31.